The van der Waals surface area contributed by atoms with Crippen LogP contribution in [0, 0.1) is 5.92 Å². The fourth-order valence-electron chi connectivity index (χ4n) is 3.96. The molecule has 0 spiro atoms. The third kappa shape index (κ3) is 4.53. The van der Waals surface area contributed by atoms with E-state index in [1.165, 1.54) is 14.2 Å². The second-order valence-corrected chi connectivity index (χ2v) is 8.21. The molecule has 2 heterocycles. The number of carboxylic acids is 1. The number of hydrogen-bond donors (Lipinski definition) is 2. The van der Waals surface area contributed by atoms with Gasteiger partial charge in [0.2, 0.25) is 11.4 Å². The maximum Gasteiger partial charge on any atom is 0.305 e. The van der Waals surface area contributed by atoms with Crippen molar-refractivity contribution in [3.05, 3.63) is 42.2 Å². The quantitative estimate of drug-likeness (QED) is 0.522. The van der Waals surface area contributed by atoms with Gasteiger partial charge < -0.3 is 24.7 Å². The SMILES string of the molecule is COC(CF)(OC)C(CC(=O)O)NC(=O)[C@@]1(C(C)C)CC(c2nccc3ccccc23)=NO1. The number of methoxy groups -OCH3 is 2. The number of ether oxygens (including phenoxy) is 2. The maximum atomic E-state index is 13.9. The van der Waals surface area contributed by atoms with Crippen molar-refractivity contribution in [3.8, 4) is 0 Å². The van der Waals surface area contributed by atoms with Crippen molar-refractivity contribution >= 4 is 28.4 Å². The number of carboxylic acid groups (broad SMARTS) is 1. The molecule has 1 aromatic heterocycles. The Hall–Kier alpha value is -3.11. The first-order chi connectivity index (χ1) is 15.7. The molecule has 178 valence electrons. The number of halogens is 1. The summed E-state index contributed by atoms with van der Waals surface area (Å²) in [6, 6.07) is 8.21. The smallest absolute Gasteiger partial charge is 0.305 e. The Labute approximate surface area is 190 Å². The van der Waals surface area contributed by atoms with Crippen LogP contribution in [0.4, 0.5) is 4.39 Å². The molecular weight excluding hydrogens is 433 g/mol. The second-order valence-electron chi connectivity index (χ2n) is 8.21. The molecule has 1 aliphatic heterocycles. The average Bonchev–Trinajstić information content (AvgIpc) is 3.27. The molecule has 2 atom stereocenters. The summed E-state index contributed by atoms with van der Waals surface area (Å²) in [7, 11) is 2.36. The molecule has 2 N–H and O–H groups in total. The van der Waals surface area contributed by atoms with Gasteiger partial charge in [-0.05, 0) is 11.5 Å². The van der Waals surface area contributed by atoms with Gasteiger partial charge >= 0.3 is 5.97 Å². The molecule has 0 aliphatic carbocycles. The minimum Gasteiger partial charge on any atom is -0.481 e. The maximum absolute atomic E-state index is 13.9. The van der Waals surface area contributed by atoms with E-state index < -0.39 is 42.4 Å². The van der Waals surface area contributed by atoms with Gasteiger partial charge in [0.25, 0.3) is 5.91 Å². The van der Waals surface area contributed by atoms with Crippen molar-refractivity contribution in [2.24, 2.45) is 11.1 Å². The lowest BCUT2D eigenvalue weighted by atomic mass is 9.83. The number of amides is 1. The lowest BCUT2D eigenvalue weighted by Crippen LogP contribution is -2.62. The molecule has 0 bridgehead atoms. The summed E-state index contributed by atoms with van der Waals surface area (Å²) in [5, 5.41) is 17.9. The largest absolute Gasteiger partial charge is 0.481 e. The number of carbonyl (C=O) groups is 2. The van der Waals surface area contributed by atoms with Crippen molar-refractivity contribution in [1.29, 1.82) is 0 Å². The van der Waals surface area contributed by atoms with Crippen LogP contribution in [-0.2, 0) is 23.9 Å². The summed E-state index contributed by atoms with van der Waals surface area (Å²) in [5.41, 5.74) is -0.369. The van der Waals surface area contributed by atoms with Crippen molar-refractivity contribution in [3.63, 3.8) is 0 Å². The van der Waals surface area contributed by atoms with Gasteiger partial charge in [0.1, 0.15) is 12.4 Å². The van der Waals surface area contributed by atoms with Crippen LogP contribution >= 0.6 is 0 Å². The third-order valence-corrected chi connectivity index (χ3v) is 6.11. The number of rotatable bonds is 10. The zero-order valence-electron chi connectivity index (χ0n) is 19.0. The molecule has 0 saturated heterocycles. The van der Waals surface area contributed by atoms with Gasteiger partial charge in [0, 0.05) is 38.1 Å². The first kappa shape index (κ1) is 24.5. The average molecular weight is 461 g/mol. The highest BCUT2D eigenvalue weighted by molar-refractivity contribution is 6.11. The minimum absolute atomic E-state index is 0.0971. The van der Waals surface area contributed by atoms with E-state index in [-0.39, 0.29) is 12.3 Å². The Balaban J connectivity index is 1.92. The molecule has 1 aliphatic rings. The van der Waals surface area contributed by atoms with Crippen LogP contribution < -0.4 is 5.32 Å². The predicted octanol–water partition coefficient (Wildman–Crippen LogP) is 2.67. The van der Waals surface area contributed by atoms with E-state index in [4.69, 9.17) is 14.3 Å². The highest BCUT2D eigenvalue weighted by Crippen LogP contribution is 2.35. The van der Waals surface area contributed by atoms with E-state index in [9.17, 15) is 19.1 Å². The Morgan fingerprint density at radius 1 is 1.27 bits per heavy atom. The van der Waals surface area contributed by atoms with Crippen molar-refractivity contribution < 1.29 is 33.4 Å². The van der Waals surface area contributed by atoms with E-state index in [0.717, 1.165) is 10.8 Å². The zero-order valence-corrected chi connectivity index (χ0v) is 19.0. The molecule has 0 fully saturated rings. The number of nitrogens with zero attached hydrogens (tertiary/aromatic N) is 2. The van der Waals surface area contributed by atoms with E-state index in [2.05, 4.69) is 15.5 Å². The van der Waals surface area contributed by atoms with Gasteiger partial charge in [-0.1, -0.05) is 43.3 Å². The highest BCUT2D eigenvalue weighted by atomic mass is 19.1. The first-order valence-corrected chi connectivity index (χ1v) is 10.5. The number of oxime groups is 1. The fourth-order valence-corrected chi connectivity index (χ4v) is 3.96. The minimum atomic E-state index is -1.97. The Morgan fingerprint density at radius 3 is 2.58 bits per heavy atom. The van der Waals surface area contributed by atoms with Crippen LogP contribution in [-0.4, -0.2) is 66.0 Å². The normalized spacial score (nSPS) is 19.3. The lowest BCUT2D eigenvalue weighted by Gasteiger charge is -2.38. The molecule has 0 saturated carbocycles. The Kier molecular flexibility index (Phi) is 7.28. The Bertz CT molecular complexity index is 1040. The highest BCUT2D eigenvalue weighted by Gasteiger charge is 2.52. The van der Waals surface area contributed by atoms with Crippen molar-refractivity contribution in [1.82, 2.24) is 10.3 Å². The molecule has 9 nitrogen and oxygen atoms in total. The van der Waals surface area contributed by atoms with Gasteiger partial charge in [-0.15, -0.1) is 0 Å². The summed E-state index contributed by atoms with van der Waals surface area (Å²) in [4.78, 5) is 35.1. The van der Waals surface area contributed by atoms with E-state index in [1.54, 1.807) is 20.0 Å². The van der Waals surface area contributed by atoms with Gasteiger partial charge in [0.05, 0.1) is 18.2 Å². The molecule has 0 radical (unpaired) electrons. The second kappa shape index (κ2) is 9.80. The van der Waals surface area contributed by atoms with Crippen LogP contribution in [0.5, 0.6) is 0 Å². The number of hydrogen-bond acceptors (Lipinski definition) is 7. The molecular formula is C23H28FN3O6. The van der Waals surface area contributed by atoms with E-state index >= 15 is 0 Å². The number of fused-ring (bicyclic) bond motifs is 1. The van der Waals surface area contributed by atoms with E-state index in [0.29, 0.717) is 11.4 Å². The van der Waals surface area contributed by atoms with Crippen molar-refractivity contribution in [2.75, 3.05) is 20.9 Å². The molecule has 3 rings (SSSR count). The van der Waals surface area contributed by atoms with Crippen LogP contribution in [0.2, 0.25) is 0 Å². The molecule has 33 heavy (non-hydrogen) atoms. The number of aromatic nitrogens is 1. The number of aliphatic carboxylic acids is 1. The summed E-state index contributed by atoms with van der Waals surface area (Å²) >= 11 is 0. The number of alkyl halides is 1. The number of carbonyl (C=O) groups excluding carboxylic acids is 1. The number of pyridine rings is 1. The first-order valence-electron chi connectivity index (χ1n) is 10.5. The Morgan fingerprint density at radius 2 is 1.97 bits per heavy atom. The summed E-state index contributed by atoms with van der Waals surface area (Å²) in [6.45, 7) is 2.40. The topological polar surface area (TPSA) is 119 Å². The zero-order chi connectivity index (χ0) is 24.2. The van der Waals surface area contributed by atoms with Crippen LogP contribution in [0.15, 0.2) is 41.7 Å². The van der Waals surface area contributed by atoms with Gasteiger partial charge in [-0.2, -0.15) is 0 Å². The standard InChI is InChI=1S/C23H28FN3O6/c1-14(2)22(21(30)26-18(11-19(28)29)23(13-24,31-3)32-4)12-17(27-33-22)20-16-8-6-5-7-15(16)9-10-25-20/h5-10,14,18H,11-13H2,1-4H3,(H,26,30)(H,28,29)/t18?,22-/m0/s1. The number of benzene rings is 1. The van der Waals surface area contributed by atoms with E-state index in [1.807, 2.05) is 30.3 Å². The van der Waals surface area contributed by atoms with Gasteiger partial charge in [-0.25, -0.2) is 4.39 Å². The van der Waals surface area contributed by atoms with Crippen LogP contribution in [0.1, 0.15) is 32.4 Å². The third-order valence-electron chi connectivity index (χ3n) is 6.11. The van der Waals surface area contributed by atoms with Crippen LogP contribution in [0.3, 0.4) is 0 Å². The summed E-state index contributed by atoms with van der Waals surface area (Å²) < 4.78 is 24.2. The lowest BCUT2D eigenvalue weighted by molar-refractivity contribution is -0.236. The summed E-state index contributed by atoms with van der Waals surface area (Å²) in [6.07, 6.45) is 1.13. The molecule has 2 aromatic rings. The molecule has 1 aromatic carbocycles. The van der Waals surface area contributed by atoms with Gasteiger partial charge in [0.15, 0.2) is 0 Å². The summed E-state index contributed by atoms with van der Waals surface area (Å²) in [5.74, 6) is -4.22. The van der Waals surface area contributed by atoms with Gasteiger partial charge in [-0.3, -0.25) is 14.6 Å². The molecule has 1 unspecified atom stereocenters. The predicted molar refractivity (Wildman–Crippen MR) is 118 cm³/mol. The monoisotopic (exact) mass is 461 g/mol. The van der Waals surface area contributed by atoms with Crippen molar-refractivity contribution in [2.45, 2.75) is 44.1 Å². The molecule has 10 heteroatoms. The number of nitrogens with one attached hydrogen (secondary N) is 1. The molecule has 1 amide bonds. The van der Waals surface area contributed by atoms with Crippen LogP contribution in [0.25, 0.3) is 10.8 Å². The fraction of sp³-hybridized carbons (Fsp3) is 0.478.